The molecule has 1 N–H and O–H groups in total. The summed E-state index contributed by atoms with van der Waals surface area (Å²) in [5.74, 6) is 0. The van der Waals surface area contributed by atoms with Crippen LogP contribution in [-0.2, 0) is 16.0 Å². The molecule has 0 atom stereocenters. The van der Waals surface area contributed by atoms with Crippen molar-refractivity contribution in [2.24, 2.45) is 0 Å². The largest absolute Gasteiger partial charge is 0.353 e. The molecule has 0 bridgehead atoms. The maximum absolute atomic E-state index is 5.52. The normalized spacial score (nSPS) is 11.2. The Morgan fingerprint density at radius 1 is 1.11 bits per heavy atom. The van der Waals surface area contributed by atoms with Crippen molar-refractivity contribution in [1.82, 2.24) is 5.32 Å². The van der Waals surface area contributed by atoms with Crippen LogP contribution in [0.15, 0.2) is 24.3 Å². The molecule has 0 heterocycles. The SMILES string of the molecule is CCOC(CCCNCc1ccccc1C)OCC. The van der Waals surface area contributed by atoms with Gasteiger partial charge in [0.2, 0.25) is 0 Å². The van der Waals surface area contributed by atoms with Crippen molar-refractivity contribution in [2.45, 2.75) is 46.4 Å². The third-order valence-electron chi connectivity index (χ3n) is 3.08. The second kappa shape index (κ2) is 9.96. The first kappa shape index (κ1) is 16.2. The summed E-state index contributed by atoms with van der Waals surface area (Å²) in [6.45, 7) is 9.50. The van der Waals surface area contributed by atoms with Crippen LogP contribution in [0.25, 0.3) is 0 Å². The number of hydrogen-bond acceptors (Lipinski definition) is 3. The molecule has 0 spiro atoms. The summed E-state index contributed by atoms with van der Waals surface area (Å²) in [5.41, 5.74) is 2.71. The first-order valence-electron chi connectivity index (χ1n) is 7.26. The lowest BCUT2D eigenvalue weighted by Gasteiger charge is -2.16. The Balaban J connectivity index is 2.15. The topological polar surface area (TPSA) is 30.5 Å². The maximum atomic E-state index is 5.52. The van der Waals surface area contributed by atoms with E-state index in [1.54, 1.807) is 0 Å². The number of benzene rings is 1. The smallest absolute Gasteiger partial charge is 0.157 e. The van der Waals surface area contributed by atoms with Gasteiger partial charge < -0.3 is 14.8 Å². The zero-order valence-corrected chi connectivity index (χ0v) is 12.4. The molecule has 0 saturated heterocycles. The minimum atomic E-state index is -0.0461. The molecule has 0 unspecified atom stereocenters. The predicted molar refractivity (Wildman–Crippen MR) is 79.2 cm³/mol. The number of rotatable bonds is 10. The minimum absolute atomic E-state index is 0.0461. The van der Waals surface area contributed by atoms with Gasteiger partial charge in [0.1, 0.15) is 0 Å². The van der Waals surface area contributed by atoms with Crippen molar-refractivity contribution in [2.75, 3.05) is 19.8 Å². The summed E-state index contributed by atoms with van der Waals surface area (Å²) in [6.07, 6.45) is 1.97. The van der Waals surface area contributed by atoms with Crippen molar-refractivity contribution in [1.29, 1.82) is 0 Å². The van der Waals surface area contributed by atoms with Crippen molar-refractivity contribution in [3.05, 3.63) is 35.4 Å². The average molecular weight is 265 g/mol. The van der Waals surface area contributed by atoms with E-state index in [9.17, 15) is 0 Å². The Morgan fingerprint density at radius 3 is 2.42 bits per heavy atom. The monoisotopic (exact) mass is 265 g/mol. The molecule has 1 aromatic carbocycles. The molecule has 0 aliphatic carbocycles. The van der Waals surface area contributed by atoms with Crippen molar-refractivity contribution >= 4 is 0 Å². The summed E-state index contributed by atoms with van der Waals surface area (Å²) >= 11 is 0. The molecule has 0 amide bonds. The summed E-state index contributed by atoms with van der Waals surface area (Å²) < 4.78 is 11.0. The third kappa shape index (κ3) is 6.71. The Hall–Kier alpha value is -0.900. The van der Waals surface area contributed by atoms with Crippen molar-refractivity contribution < 1.29 is 9.47 Å². The highest BCUT2D eigenvalue weighted by molar-refractivity contribution is 5.25. The van der Waals surface area contributed by atoms with Crippen LogP contribution < -0.4 is 5.32 Å². The van der Waals surface area contributed by atoms with Gasteiger partial charge >= 0.3 is 0 Å². The van der Waals surface area contributed by atoms with Gasteiger partial charge in [-0.3, -0.25) is 0 Å². The molecule has 0 radical (unpaired) electrons. The lowest BCUT2D eigenvalue weighted by atomic mass is 10.1. The van der Waals surface area contributed by atoms with E-state index in [0.29, 0.717) is 13.2 Å². The van der Waals surface area contributed by atoms with Crippen LogP contribution in [0.2, 0.25) is 0 Å². The average Bonchev–Trinajstić information content (AvgIpc) is 2.41. The third-order valence-corrected chi connectivity index (χ3v) is 3.08. The van der Waals surface area contributed by atoms with E-state index in [4.69, 9.17) is 9.47 Å². The second-order valence-corrected chi connectivity index (χ2v) is 4.59. The van der Waals surface area contributed by atoms with Crippen molar-refractivity contribution in [3.8, 4) is 0 Å². The van der Waals surface area contributed by atoms with E-state index in [2.05, 4.69) is 36.5 Å². The Bertz CT molecular complexity index is 335. The molecule has 0 fully saturated rings. The summed E-state index contributed by atoms with van der Waals surface area (Å²) in [7, 11) is 0. The van der Waals surface area contributed by atoms with Gasteiger partial charge in [0.25, 0.3) is 0 Å². The van der Waals surface area contributed by atoms with Gasteiger partial charge in [-0.25, -0.2) is 0 Å². The van der Waals surface area contributed by atoms with Crippen LogP contribution in [0.3, 0.4) is 0 Å². The molecule has 19 heavy (non-hydrogen) atoms. The summed E-state index contributed by atoms with van der Waals surface area (Å²) in [5, 5.41) is 3.47. The maximum Gasteiger partial charge on any atom is 0.157 e. The van der Waals surface area contributed by atoms with Crippen LogP contribution in [0.4, 0.5) is 0 Å². The Labute approximate surface area is 117 Å². The van der Waals surface area contributed by atoms with Gasteiger partial charge in [0.15, 0.2) is 6.29 Å². The lowest BCUT2D eigenvalue weighted by molar-refractivity contribution is -0.139. The molecular formula is C16H27NO2. The first-order valence-corrected chi connectivity index (χ1v) is 7.26. The van der Waals surface area contributed by atoms with E-state index < -0.39 is 0 Å². The Kier molecular flexibility index (Phi) is 8.47. The molecule has 3 heteroatoms. The highest BCUT2D eigenvalue weighted by Gasteiger charge is 2.06. The van der Waals surface area contributed by atoms with Crippen LogP contribution in [0.5, 0.6) is 0 Å². The zero-order valence-electron chi connectivity index (χ0n) is 12.4. The van der Waals surface area contributed by atoms with Crippen molar-refractivity contribution in [3.63, 3.8) is 0 Å². The van der Waals surface area contributed by atoms with E-state index in [-0.39, 0.29) is 6.29 Å². The number of nitrogens with one attached hydrogen (secondary N) is 1. The van der Waals surface area contributed by atoms with E-state index in [1.807, 2.05) is 13.8 Å². The second-order valence-electron chi connectivity index (χ2n) is 4.59. The molecule has 3 nitrogen and oxygen atoms in total. The van der Waals surface area contributed by atoms with E-state index in [1.165, 1.54) is 11.1 Å². The van der Waals surface area contributed by atoms with Crippen LogP contribution in [-0.4, -0.2) is 26.0 Å². The standard InChI is InChI=1S/C16H27NO2/c1-4-18-16(19-5-2)11-8-12-17-13-15-10-7-6-9-14(15)3/h6-7,9-10,16-17H,4-5,8,11-13H2,1-3H3. The molecule has 0 aliphatic rings. The highest BCUT2D eigenvalue weighted by Crippen LogP contribution is 2.07. The fourth-order valence-corrected chi connectivity index (χ4v) is 2.01. The van der Waals surface area contributed by atoms with Gasteiger partial charge in [0, 0.05) is 19.8 Å². The number of aryl methyl sites for hydroxylation is 1. The van der Waals surface area contributed by atoms with Gasteiger partial charge in [-0.2, -0.15) is 0 Å². The molecule has 1 rings (SSSR count). The number of ether oxygens (including phenoxy) is 2. The predicted octanol–water partition coefficient (Wildman–Crippen LogP) is 3.26. The molecule has 108 valence electrons. The fourth-order valence-electron chi connectivity index (χ4n) is 2.01. The molecule has 0 saturated carbocycles. The highest BCUT2D eigenvalue weighted by atomic mass is 16.7. The molecule has 1 aromatic rings. The van der Waals surface area contributed by atoms with Gasteiger partial charge in [-0.05, 0) is 51.3 Å². The first-order chi connectivity index (χ1) is 9.27. The van der Waals surface area contributed by atoms with E-state index >= 15 is 0 Å². The fraction of sp³-hybridized carbons (Fsp3) is 0.625. The van der Waals surface area contributed by atoms with Gasteiger partial charge in [-0.1, -0.05) is 24.3 Å². The summed E-state index contributed by atoms with van der Waals surface area (Å²) in [6, 6.07) is 8.49. The molecule has 0 aromatic heterocycles. The van der Waals surface area contributed by atoms with Crippen LogP contribution >= 0.6 is 0 Å². The van der Waals surface area contributed by atoms with Crippen LogP contribution in [0.1, 0.15) is 37.8 Å². The lowest BCUT2D eigenvalue weighted by Crippen LogP contribution is -2.21. The molecular weight excluding hydrogens is 238 g/mol. The van der Waals surface area contributed by atoms with Gasteiger partial charge in [-0.15, -0.1) is 0 Å². The number of hydrogen-bond donors (Lipinski definition) is 1. The Morgan fingerprint density at radius 2 is 1.79 bits per heavy atom. The minimum Gasteiger partial charge on any atom is -0.353 e. The molecule has 0 aliphatic heterocycles. The summed E-state index contributed by atoms with van der Waals surface area (Å²) in [4.78, 5) is 0. The van der Waals surface area contributed by atoms with Crippen LogP contribution in [0, 0.1) is 6.92 Å². The quantitative estimate of drug-likeness (QED) is 0.520. The van der Waals surface area contributed by atoms with Gasteiger partial charge in [0.05, 0.1) is 0 Å². The van der Waals surface area contributed by atoms with E-state index in [0.717, 1.165) is 25.9 Å². The zero-order chi connectivity index (χ0) is 13.9.